The zero-order chi connectivity index (χ0) is 12.0. The summed E-state index contributed by atoms with van der Waals surface area (Å²) in [5.41, 5.74) is 7.78. The number of Topliss-reactive ketones (excluding diaryl/α,β-unsaturated/α-hetero) is 1. The van der Waals surface area contributed by atoms with Gasteiger partial charge >= 0.3 is 0 Å². The van der Waals surface area contributed by atoms with Crippen LogP contribution in [0.1, 0.15) is 27.8 Å². The molecule has 1 aliphatic rings. The Morgan fingerprint density at radius 3 is 2.19 bits per heavy atom. The van der Waals surface area contributed by atoms with Crippen molar-refractivity contribution in [3.63, 3.8) is 0 Å². The van der Waals surface area contributed by atoms with E-state index in [0.29, 0.717) is 12.1 Å². The zero-order valence-electron chi connectivity index (χ0n) is 10.3. The van der Waals surface area contributed by atoms with Gasteiger partial charge in [0.05, 0.1) is 5.70 Å². The van der Waals surface area contributed by atoms with Gasteiger partial charge in [-0.15, -0.1) is 0 Å². The van der Waals surface area contributed by atoms with Crippen LogP contribution in [0.3, 0.4) is 0 Å². The second-order valence-electron chi connectivity index (χ2n) is 4.56. The lowest BCUT2D eigenvalue weighted by Crippen LogP contribution is -2.22. The van der Waals surface area contributed by atoms with Gasteiger partial charge in [0.15, 0.2) is 5.78 Å². The Labute approximate surface area is 96.4 Å². The molecule has 1 aromatic carbocycles. The number of fused-ring (bicyclic) bond motifs is 1. The van der Waals surface area contributed by atoms with Crippen LogP contribution < -0.4 is 5.32 Å². The highest BCUT2D eigenvalue weighted by molar-refractivity contribution is 6.03. The van der Waals surface area contributed by atoms with Crippen LogP contribution in [0, 0.1) is 27.7 Å². The van der Waals surface area contributed by atoms with Crippen molar-refractivity contribution in [3.8, 4) is 0 Å². The first-order chi connectivity index (χ1) is 7.43. The smallest absolute Gasteiger partial charge is 0.182 e. The average Bonchev–Trinajstić information content (AvgIpc) is 2.26. The fourth-order valence-corrected chi connectivity index (χ4v) is 2.27. The van der Waals surface area contributed by atoms with Crippen LogP contribution in [-0.4, -0.2) is 5.78 Å². The van der Waals surface area contributed by atoms with Crippen molar-refractivity contribution in [2.45, 2.75) is 34.1 Å². The number of allylic oxidation sites excluding steroid dienone is 1. The number of hydrogen-bond acceptors (Lipinski definition) is 2. The monoisotopic (exact) mass is 215 g/mol. The summed E-state index contributed by atoms with van der Waals surface area (Å²) >= 11 is 0. The normalized spacial score (nSPS) is 14.8. The van der Waals surface area contributed by atoms with Gasteiger partial charge in [-0.05, 0) is 55.5 Å². The van der Waals surface area contributed by atoms with E-state index in [4.69, 9.17) is 0 Å². The summed E-state index contributed by atoms with van der Waals surface area (Å²) in [7, 11) is 0. The Hall–Kier alpha value is -1.57. The molecule has 2 rings (SSSR count). The molecule has 0 atom stereocenters. The van der Waals surface area contributed by atoms with Crippen LogP contribution in [0.15, 0.2) is 12.3 Å². The Morgan fingerprint density at radius 1 is 1.00 bits per heavy atom. The molecule has 2 nitrogen and oxygen atoms in total. The Bertz CT molecular complexity index is 465. The maximum Gasteiger partial charge on any atom is 0.182 e. The molecule has 84 valence electrons. The van der Waals surface area contributed by atoms with E-state index in [1.807, 2.05) is 0 Å². The molecule has 0 aliphatic carbocycles. The van der Waals surface area contributed by atoms with Gasteiger partial charge in [0.2, 0.25) is 0 Å². The molecule has 0 radical (unpaired) electrons. The van der Waals surface area contributed by atoms with Gasteiger partial charge in [0, 0.05) is 12.1 Å². The summed E-state index contributed by atoms with van der Waals surface area (Å²) in [4.78, 5) is 11.7. The van der Waals surface area contributed by atoms with E-state index in [1.54, 1.807) is 0 Å². The van der Waals surface area contributed by atoms with Crippen LogP contribution in [0.2, 0.25) is 0 Å². The summed E-state index contributed by atoms with van der Waals surface area (Å²) < 4.78 is 0. The predicted molar refractivity (Wildman–Crippen MR) is 66.9 cm³/mol. The van der Waals surface area contributed by atoms with Gasteiger partial charge in [0.25, 0.3) is 0 Å². The summed E-state index contributed by atoms with van der Waals surface area (Å²) in [6.45, 7) is 12.2. The number of nitrogens with one attached hydrogen (secondary N) is 1. The minimum Gasteiger partial charge on any atom is -0.353 e. The second-order valence-corrected chi connectivity index (χ2v) is 4.56. The summed E-state index contributed by atoms with van der Waals surface area (Å²) in [5, 5.41) is 3.14. The Morgan fingerprint density at radius 2 is 1.56 bits per heavy atom. The van der Waals surface area contributed by atoms with Gasteiger partial charge in [-0.3, -0.25) is 4.79 Å². The topological polar surface area (TPSA) is 29.1 Å². The summed E-state index contributed by atoms with van der Waals surface area (Å²) in [6, 6.07) is 0. The van der Waals surface area contributed by atoms with Gasteiger partial charge < -0.3 is 5.32 Å². The van der Waals surface area contributed by atoms with E-state index in [0.717, 1.165) is 11.3 Å². The fraction of sp³-hybridized carbons (Fsp3) is 0.357. The number of carbonyl (C=O) groups excluding carboxylic acids is 1. The third kappa shape index (κ3) is 1.37. The molecule has 1 aromatic rings. The van der Waals surface area contributed by atoms with Crippen LogP contribution in [0.25, 0.3) is 0 Å². The van der Waals surface area contributed by atoms with Crippen molar-refractivity contribution in [1.29, 1.82) is 0 Å². The molecule has 0 bridgehead atoms. The predicted octanol–water partition coefficient (Wildman–Crippen LogP) is 2.97. The molecule has 0 saturated heterocycles. The van der Waals surface area contributed by atoms with E-state index < -0.39 is 0 Å². The Kier molecular flexibility index (Phi) is 2.38. The number of benzene rings is 1. The summed E-state index contributed by atoms with van der Waals surface area (Å²) in [6.07, 6.45) is 0.481. The zero-order valence-corrected chi connectivity index (χ0v) is 10.3. The van der Waals surface area contributed by atoms with E-state index in [1.165, 1.54) is 22.3 Å². The molecule has 1 heterocycles. The van der Waals surface area contributed by atoms with Crippen molar-refractivity contribution in [3.05, 3.63) is 40.1 Å². The lowest BCUT2D eigenvalue weighted by atomic mass is 9.87. The molecule has 1 N–H and O–H groups in total. The maximum atomic E-state index is 11.7. The lowest BCUT2D eigenvalue weighted by Gasteiger charge is -2.26. The van der Waals surface area contributed by atoms with Crippen LogP contribution in [-0.2, 0) is 11.2 Å². The van der Waals surface area contributed by atoms with E-state index in [-0.39, 0.29) is 5.78 Å². The van der Waals surface area contributed by atoms with Crippen molar-refractivity contribution < 1.29 is 4.79 Å². The van der Waals surface area contributed by atoms with Gasteiger partial charge in [0.1, 0.15) is 0 Å². The Balaban J connectivity index is 2.74. The molecule has 0 unspecified atom stereocenters. The first-order valence-corrected chi connectivity index (χ1v) is 5.51. The van der Waals surface area contributed by atoms with E-state index in [9.17, 15) is 4.79 Å². The summed E-state index contributed by atoms with van der Waals surface area (Å²) in [5.74, 6) is 0.0956. The number of rotatable bonds is 0. The molecule has 1 aliphatic heterocycles. The van der Waals surface area contributed by atoms with Crippen molar-refractivity contribution >= 4 is 11.5 Å². The first kappa shape index (κ1) is 10.9. The largest absolute Gasteiger partial charge is 0.353 e. The molecule has 0 fully saturated rings. The number of hydrogen-bond donors (Lipinski definition) is 1. The number of carbonyl (C=O) groups is 1. The van der Waals surface area contributed by atoms with Crippen LogP contribution >= 0.6 is 0 Å². The highest BCUT2D eigenvalue weighted by atomic mass is 16.1. The van der Waals surface area contributed by atoms with E-state index in [2.05, 4.69) is 39.6 Å². The second kappa shape index (κ2) is 3.48. The van der Waals surface area contributed by atoms with Gasteiger partial charge in [-0.25, -0.2) is 0 Å². The van der Waals surface area contributed by atoms with E-state index >= 15 is 0 Å². The highest BCUT2D eigenvalue weighted by Crippen LogP contribution is 2.34. The molecule has 0 saturated carbocycles. The maximum absolute atomic E-state index is 11.7. The van der Waals surface area contributed by atoms with Crippen molar-refractivity contribution in [2.75, 3.05) is 5.32 Å². The lowest BCUT2D eigenvalue weighted by molar-refractivity contribution is -0.114. The quantitative estimate of drug-likeness (QED) is 0.674. The molecule has 0 spiro atoms. The SMILES string of the molecule is C=C1Nc2c(C)c(C)c(C)c(C)c2CC1=O. The minimum absolute atomic E-state index is 0.0956. The van der Waals surface area contributed by atoms with Crippen molar-refractivity contribution in [2.24, 2.45) is 0 Å². The fourth-order valence-electron chi connectivity index (χ4n) is 2.27. The van der Waals surface area contributed by atoms with Gasteiger partial charge in [-0.1, -0.05) is 6.58 Å². The average molecular weight is 215 g/mol. The molecular weight excluding hydrogens is 198 g/mol. The standard InChI is InChI=1S/C14H17NO/c1-7-8(2)10(4)14-12(9(7)3)6-13(16)11(5)15-14/h15H,5-6H2,1-4H3. The number of ketones is 1. The minimum atomic E-state index is 0.0956. The van der Waals surface area contributed by atoms with Gasteiger partial charge in [-0.2, -0.15) is 0 Å². The molecule has 0 aromatic heterocycles. The third-order valence-electron chi connectivity index (χ3n) is 3.77. The highest BCUT2D eigenvalue weighted by Gasteiger charge is 2.23. The molecule has 0 amide bonds. The third-order valence-corrected chi connectivity index (χ3v) is 3.77. The first-order valence-electron chi connectivity index (χ1n) is 5.51. The number of anilines is 1. The van der Waals surface area contributed by atoms with Crippen molar-refractivity contribution in [1.82, 2.24) is 0 Å². The molecular formula is C14H17NO. The van der Waals surface area contributed by atoms with Crippen LogP contribution in [0.4, 0.5) is 5.69 Å². The van der Waals surface area contributed by atoms with Crippen LogP contribution in [0.5, 0.6) is 0 Å². The molecule has 2 heteroatoms. The molecule has 16 heavy (non-hydrogen) atoms.